The molecule has 0 N–H and O–H groups in total. The van der Waals surface area contributed by atoms with Crippen LogP contribution in [-0.4, -0.2) is 12.1 Å². The molecule has 33 heavy (non-hydrogen) atoms. The maximum Gasteiger partial charge on any atom is 0.426 e. The topological polar surface area (TPSA) is 50.1 Å². The second-order valence-corrected chi connectivity index (χ2v) is 8.84. The Morgan fingerprint density at radius 1 is 1.21 bits per heavy atom. The zero-order valence-corrected chi connectivity index (χ0v) is 18.3. The lowest BCUT2D eigenvalue weighted by Crippen LogP contribution is -2.15. The lowest BCUT2D eigenvalue weighted by molar-refractivity contribution is -0.149. The van der Waals surface area contributed by atoms with Gasteiger partial charge in [0.2, 0.25) is 6.10 Å². The minimum atomic E-state index is -4.72. The molecule has 174 valence electrons. The Bertz CT molecular complexity index is 1120. The second-order valence-electron chi connectivity index (χ2n) is 8.44. The highest BCUT2D eigenvalue weighted by Crippen LogP contribution is 2.60. The fourth-order valence-corrected chi connectivity index (χ4v) is 3.90. The third-order valence-electron chi connectivity index (χ3n) is 5.79. The molecule has 0 saturated heterocycles. The quantitative estimate of drug-likeness (QED) is 0.342. The van der Waals surface area contributed by atoms with Crippen molar-refractivity contribution in [2.45, 2.75) is 32.5 Å². The first-order valence-electron chi connectivity index (χ1n) is 9.92. The molecule has 0 aliphatic heterocycles. The molecule has 0 radical (unpaired) electrons. The van der Waals surface area contributed by atoms with E-state index in [2.05, 4.69) is 0 Å². The van der Waals surface area contributed by atoms with Gasteiger partial charge < -0.3 is 4.74 Å². The number of hydrogen-bond donors (Lipinski definition) is 0. The summed E-state index contributed by atoms with van der Waals surface area (Å²) in [6, 6.07) is 11.1. The van der Waals surface area contributed by atoms with Crippen molar-refractivity contribution in [3.63, 3.8) is 0 Å². The maximum absolute atomic E-state index is 14.3. The van der Waals surface area contributed by atoms with E-state index in [1.807, 2.05) is 6.07 Å². The Hall–Kier alpha value is -2.92. The minimum absolute atomic E-state index is 0.116. The van der Waals surface area contributed by atoms with Crippen molar-refractivity contribution in [2.75, 3.05) is 0 Å². The van der Waals surface area contributed by atoms with Crippen LogP contribution in [0.25, 0.3) is 0 Å². The molecule has 1 fully saturated rings. The third-order valence-corrected chi connectivity index (χ3v) is 6.13. The molecular formula is C24H19ClF5NO2. The van der Waals surface area contributed by atoms with Gasteiger partial charge in [0.05, 0.1) is 5.92 Å². The molecule has 9 heteroatoms. The summed E-state index contributed by atoms with van der Waals surface area (Å²) in [4.78, 5) is 12.6. The smallest absolute Gasteiger partial charge is 0.426 e. The molecule has 0 amide bonds. The number of carbonyl (C=O) groups excluding carboxylic acids is 1. The Morgan fingerprint density at radius 2 is 1.85 bits per heavy atom. The van der Waals surface area contributed by atoms with Gasteiger partial charge in [0.1, 0.15) is 22.7 Å². The predicted molar refractivity (Wildman–Crippen MR) is 111 cm³/mol. The lowest BCUT2D eigenvalue weighted by Gasteiger charge is -2.14. The standard InChI is InChI=1S/C24H19ClF5NO2/c1-23(2)17(11-20(25)24(28,29)30)21(23)22(32)33-19(12-31)14-5-8-18(27)15(10-14)9-13-3-6-16(26)7-4-13/h3-8,10-11,17,19,21H,9H2,1-2H3/b20-11-/t17-,19?,21-/m0/s1. The van der Waals surface area contributed by atoms with Crippen LogP contribution in [0, 0.1) is 40.2 Å². The number of esters is 1. The van der Waals surface area contributed by atoms with Gasteiger partial charge in [0.25, 0.3) is 0 Å². The summed E-state index contributed by atoms with van der Waals surface area (Å²) in [5.74, 6) is -3.55. The van der Waals surface area contributed by atoms with Crippen LogP contribution < -0.4 is 0 Å². The molecule has 0 spiro atoms. The number of nitriles is 1. The molecule has 1 aliphatic rings. The van der Waals surface area contributed by atoms with Crippen LogP contribution in [0.3, 0.4) is 0 Å². The Balaban J connectivity index is 1.76. The average molecular weight is 484 g/mol. The van der Waals surface area contributed by atoms with E-state index in [1.54, 1.807) is 13.8 Å². The SMILES string of the molecule is CC1(C)[C@H](C(=O)OC(C#N)c2ccc(F)c(Cc3ccc(F)cc3)c2)[C@@H]1/C=C(\Cl)C(F)(F)F. The van der Waals surface area contributed by atoms with Gasteiger partial charge in [-0.3, -0.25) is 4.79 Å². The first-order valence-corrected chi connectivity index (χ1v) is 10.3. The Labute approximate surface area is 192 Å². The predicted octanol–water partition coefficient (Wildman–Crippen LogP) is 6.62. The zero-order valence-electron chi connectivity index (χ0n) is 17.6. The third kappa shape index (κ3) is 5.53. The van der Waals surface area contributed by atoms with Crippen LogP contribution in [0.15, 0.2) is 53.6 Å². The van der Waals surface area contributed by atoms with E-state index in [0.717, 1.165) is 12.1 Å². The van der Waals surface area contributed by atoms with Gasteiger partial charge in [-0.25, -0.2) is 8.78 Å². The van der Waals surface area contributed by atoms with E-state index in [0.29, 0.717) is 5.56 Å². The first kappa shape index (κ1) is 24.7. The Morgan fingerprint density at radius 3 is 2.42 bits per heavy atom. The molecule has 3 rings (SSSR count). The van der Waals surface area contributed by atoms with Crippen molar-refractivity contribution < 1.29 is 31.5 Å². The summed E-state index contributed by atoms with van der Waals surface area (Å²) in [7, 11) is 0. The van der Waals surface area contributed by atoms with Crippen LogP contribution in [0.1, 0.15) is 36.6 Å². The Kier molecular flexibility index (Phi) is 6.85. The normalized spacial score (nSPS) is 20.6. The summed E-state index contributed by atoms with van der Waals surface area (Å²) in [6.07, 6.45) is -5.21. The van der Waals surface area contributed by atoms with Gasteiger partial charge in [0.15, 0.2) is 0 Å². The van der Waals surface area contributed by atoms with Gasteiger partial charge in [0, 0.05) is 12.0 Å². The summed E-state index contributed by atoms with van der Waals surface area (Å²) in [5, 5.41) is 8.19. The molecule has 1 unspecified atom stereocenters. The van der Waals surface area contributed by atoms with Gasteiger partial charge in [-0.1, -0.05) is 49.7 Å². The first-order chi connectivity index (χ1) is 15.3. The van der Waals surface area contributed by atoms with E-state index in [9.17, 15) is 32.0 Å². The number of benzene rings is 2. The van der Waals surface area contributed by atoms with E-state index >= 15 is 0 Å². The van der Waals surface area contributed by atoms with E-state index in [4.69, 9.17) is 16.3 Å². The molecule has 0 aromatic heterocycles. The van der Waals surface area contributed by atoms with Crippen molar-refractivity contribution >= 4 is 17.6 Å². The van der Waals surface area contributed by atoms with Gasteiger partial charge in [-0.15, -0.1) is 0 Å². The molecular weight excluding hydrogens is 465 g/mol. The van der Waals surface area contributed by atoms with Crippen LogP contribution in [0.5, 0.6) is 0 Å². The second kappa shape index (κ2) is 9.14. The number of allylic oxidation sites excluding steroid dienone is 2. The van der Waals surface area contributed by atoms with E-state index < -0.39 is 52.2 Å². The van der Waals surface area contributed by atoms with E-state index in [-0.39, 0.29) is 17.5 Å². The number of rotatable bonds is 6. The number of hydrogen-bond acceptors (Lipinski definition) is 3. The monoisotopic (exact) mass is 483 g/mol. The van der Waals surface area contributed by atoms with Crippen LogP contribution in [0.2, 0.25) is 0 Å². The molecule has 0 heterocycles. The fourth-order valence-electron chi connectivity index (χ4n) is 3.76. The molecule has 2 aromatic carbocycles. The molecule has 0 bridgehead atoms. The summed E-state index contributed by atoms with van der Waals surface area (Å²) in [6.45, 7) is 3.20. The van der Waals surface area contributed by atoms with Gasteiger partial charge in [-0.2, -0.15) is 18.4 Å². The number of carbonyl (C=O) groups is 1. The number of nitrogens with zero attached hydrogens (tertiary/aromatic N) is 1. The molecule has 3 atom stereocenters. The summed E-state index contributed by atoms with van der Waals surface area (Å²) >= 11 is 5.30. The van der Waals surface area contributed by atoms with E-state index in [1.165, 1.54) is 36.4 Å². The van der Waals surface area contributed by atoms with Crippen LogP contribution in [0.4, 0.5) is 22.0 Å². The van der Waals surface area contributed by atoms with Gasteiger partial charge >= 0.3 is 12.1 Å². The van der Waals surface area contributed by atoms with Crippen molar-refractivity contribution in [1.29, 1.82) is 5.26 Å². The highest BCUT2D eigenvalue weighted by atomic mass is 35.5. The molecule has 3 nitrogen and oxygen atoms in total. The molecule has 1 aliphatic carbocycles. The van der Waals surface area contributed by atoms with Crippen LogP contribution >= 0.6 is 11.6 Å². The lowest BCUT2D eigenvalue weighted by atomic mass is 10.00. The number of alkyl halides is 3. The molecule has 1 saturated carbocycles. The van der Waals surface area contributed by atoms with Crippen LogP contribution in [-0.2, 0) is 16.0 Å². The fraction of sp³-hybridized carbons (Fsp3) is 0.333. The summed E-state index contributed by atoms with van der Waals surface area (Å²) < 4.78 is 70.9. The highest BCUT2D eigenvalue weighted by Gasteiger charge is 2.62. The minimum Gasteiger partial charge on any atom is -0.442 e. The van der Waals surface area contributed by atoms with Gasteiger partial charge in [-0.05, 0) is 46.7 Å². The van der Waals surface area contributed by atoms with Crippen molar-refractivity contribution in [3.8, 4) is 6.07 Å². The zero-order chi connectivity index (χ0) is 24.6. The number of ether oxygens (including phenoxy) is 1. The highest BCUT2D eigenvalue weighted by molar-refractivity contribution is 6.30. The largest absolute Gasteiger partial charge is 0.442 e. The average Bonchev–Trinajstić information content (AvgIpc) is 3.28. The van der Waals surface area contributed by atoms with Crippen molar-refractivity contribution in [1.82, 2.24) is 0 Å². The van der Waals surface area contributed by atoms with Crippen molar-refractivity contribution in [2.24, 2.45) is 17.3 Å². The number of halogens is 6. The summed E-state index contributed by atoms with van der Waals surface area (Å²) in [5.41, 5.74) is 0.218. The maximum atomic E-state index is 14.3. The van der Waals surface area contributed by atoms with Crippen molar-refractivity contribution in [3.05, 3.63) is 81.9 Å². The molecule has 2 aromatic rings.